The molecule has 28 heavy (non-hydrogen) atoms. The molecule has 2 aromatic carbocycles. The third-order valence-electron chi connectivity index (χ3n) is 5.45. The van der Waals surface area contributed by atoms with E-state index in [2.05, 4.69) is 71.6 Å². The zero-order valence-corrected chi connectivity index (χ0v) is 16.0. The molecule has 1 aliphatic heterocycles. The average molecular weight is 373 g/mol. The van der Waals surface area contributed by atoms with E-state index < -0.39 is 5.97 Å². The second-order valence-corrected chi connectivity index (χ2v) is 7.27. The third kappa shape index (κ3) is 3.37. The molecule has 0 amide bonds. The zero-order chi connectivity index (χ0) is 19.7. The number of likely N-dealkylation sites (N-methyl/N-ethyl adjacent to an activating group) is 1. The predicted octanol–water partition coefficient (Wildman–Crippen LogP) is 4.35. The summed E-state index contributed by atoms with van der Waals surface area (Å²) in [5.74, 6) is -0.951. The fourth-order valence-electron chi connectivity index (χ4n) is 3.94. The highest BCUT2D eigenvalue weighted by atomic mass is 16.4. The van der Waals surface area contributed by atoms with Gasteiger partial charge in [0.15, 0.2) is 0 Å². The van der Waals surface area contributed by atoms with Crippen LogP contribution in [0.3, 0.4) is 0 Å². The van der Waals surface area contributed by atoms with E-state index in [1.54, 1.807) is 6.20 Å². The molecule has 0 spiro atoms. The Bertz CT molecular complexity index is 1030. The molecule has 1 aromatic heterocycles. The Balaban J connectivity index is 1.58. The summed E-state index contributed by atoms with van der Waals surface area (Å²) in [6, 6.07) is 16.8. The second kappa shape index (κ2) is 7.44. The first-order valence-electron chi connectivity index (χ1n) is 9.35. The normalized spacial score (nSPS) is 16.0. The highest BCUT2D eigenvalue weighted by Crippen LogP contribution is 2.36. The lowest BCUT2D eigenvalue weighted by Crippen LogP contribution is -2.24. The summed E-state index contributed by atoms with van der Waals surface area (Å²) in [5, 5.41) is 12.6. The average Bonchev–Trinajstić information content (AvgIpc) is 3.01. The third-order valence-corrected chi connectivity index (χ3v) is 5.45. The number of carboxylic acids is 1. The van der Waals surface area contributed by atoms with Gasteiger partial charge >= 0.3 is 5.97 Å². The van der Waals surface area contributed by atoms with Crippen molar-refractivity contribution in [2.45, 2.75) is 19.5 Å². The number of nitrogens with one attached hydrogen (secondary N) is 1. The van der Waals surface area contributed by atoms with Gasteiger partial charge in [0.1, 0.15) is 0 Å². The van der Waals surface area contributed by atoms with Crippen molar-refractivity contribution in [3.05, 3.63) is 83.2 Å². The van der Waals surface area contributed by atoms with Crippen molar-refractivity contribution in [1.29, 1.82) is 0 Å². The summed E-state index contributed by atoms with van der Waals surface area (Å²) in [5.41, 5.74) is 7.16. The largest absolute Gasteiger partial charge is 0.478 e. The van der Waals surface area contributed by atoms with E-state index in [1.807, 2.05) is 0 Å². The molecule has 0 aliphatic carbocycles. The number of fused-ring (bicyclic) bond motifs is 1. The monoisotopic (exact) mass is 373 g/mol. The molecule has 0 saturated carbocycles. The van der Waals surface area contributed by atoms with Crippen LogP contribution in [0.25, 0.3) is 11.1 Å². The topological polar surface area (TPSA) is 65.5 Å². The van der Waals surface area contributed by atoms with Gasteiger partial charge in [-0.1, -0.05) is 36.4 Å². The highest BCUT2D eigenvalue weighted by molar-refractivity contribution is 5.93. The lowest BCUT2D eigenvalue weighted by Gasteiger charge is -2.22. The maximum atomic E-state index is 11.4. The molecule has 4 rings (SSSR count). The Labute approximate surface area is 164 Å². The number of carbonyl (C=O) groups is 1. The minimum atomic E-state index is -0.951. The van der Waals surface area contributed by atoms with Crippen LogP contribution in [0.2, 0.25) is 0 Å². The molecule has 1 unspecified atom stereocenters. The second-order valence-electron chi connectivity index (χ2n) is 7.27. The molecule has 0 radical (unpaired) electrons. The molecule has 0 saturated heterocycles. The zero-order valence-electron chi connectivity index (χ0n) is 16.0. The Morgan fingerprint density at radius 2 is 2.07 bits per heavy atom. The summed E-state index contributed by atoms with van der Waals surface area (Å²) < 4.78 is 0. The van der Waals surface area contributed by atoms with Crippen LogP contribution >= 0.6 is 0 Å². The molecule has 3 aromatic rings. The number of benzene rings is 2. The van der Waals surface area contributed by atoms with Crippen LogP contribution in [0.1, 0.15) is 33.1 Å². The first-order valence-corrected chi connectivity index (χ1v) is 9.35. The Kier molecular flexibility index (Phi) is 4.84. The maximum Gasteiger partial charge on any atom is 0.337 e. The van der Waals surface area contributed by atoms with Crippen LogP contribution in [0.5, 0.6) is 0 Å². The number of hydrogen-bond acceptors (Lipinski definition) is 4. The van der Waals surface area contributed by atoms with Gasteiger partial charge in [0.25, 0.3) is 0 Å². The van der Waals surface area contributed by atoms with Crippen molar-refractivity contribution in [2.24, 2.45) is 0 Å². The molecule has 5 heteroatoms. The summed E-state index contributed by atoms with van der Waals surface area (Å²) in [6.45, 7) is 3.63. The molecule has 2 heterocycles. The summed E-state index contributed by atoms with van der Waals surface area (Å²) >= 11 is 0. The molecule has 1 atom stereocenters. The number of aromatic nitrogens is 1. The van der Waals surface area contributed by atoms with Crippen LogP contribution in [-0.4, -0.2) is 34.6 Å². The van der Waals surface area contributed by atoms with Crippen LogP contribution in [0.15, 0.2) is 60.9 Å². The number of aryl methyl sites for hydroxylation is 1. The molecule has 5 nitrogen and oxygen atoms in total. The van der Waals surface area contributed by atoms with Crippen molar-refractivity contribution in [3.63, 3.8) is 0 Å². The summed E-state index contributed by atoms with van der Waals surface area (Å²) in [6.07, 6.45) is 3.07. The number of pyridine rings is 1. The van der Waals surface area contributed by atoms with E-state index in [0.717, 1.165) is 6.54 Å². The molecule has 0 fully saturated rings. The van der Waals surface area contributed by atoms with Gasteiger partial charge in [-0.3, -0.25) is 9.88 Å². The number of aromatic carboxylic acids is 1. The number of rotatable bonds is 5. The molecule has 142 valence electrons. The predicted molar refractivity (Wildman–Crippen MR) is 111 cm³/mol. The number of nitrogens with zero attached hydrogens (tertiary/aromatic N) is 2. The van der Waals surface area contributed by atoms with Gasteiger partial charge < -0.3 is 10.4 Å². The number of hydrogen-bond donors (Lipinski definition) is 2. The standard InChI is InChI=1S/C23H23N3O2/c1-15-5-3-4-6-18(15)16-7-8-19-17(11-16)14-26(2)22(19)13-25-21-12-24-10-9-20(21)23(27)28/h3-12,22,25H,13-14H2,1-2H3,(H,27,28). The van der Waals surface area contributed by atoms with Gasteiger partial charge in [-0.05, 0) is 53.9 Å². The van der Waals surface area contributed by atoms with Crippen molar-refractivity contribution in [1.82, 2.24) is 9.88 Å². The van der Waals surface area contributed by atoms with E-state index in [4.69, 9.17) is 0 Å². The van der Waals surface area contributed by atoms with E-state index in [-0.39, 0.29) is 11.6 Å². The van der Waals surface area contributed by atoms with Crippen molar-refractivity contribution >= 4 is 11.7 Å². The van der Waals surface area contributed by atoms with Gasteiger partial charge in [-0.25, -0.2) is 4.79 Å². The van der Waals surface area contributed by atoms with E-state index >= 15 is 0 Å². The first kappa shape index (κ1) is 18.2. The number of anilines is 1. The van der Waals surface area contributed by atoms with E-state index in [1.165, 1.54) is 40.1 Å². The summed E-state index contributed by atoms with van der Waals surface area (Å²) in [7, 11) is 2.10. The van der Waals surface area contributed by atoms with Crippen LogP contribution < -0.4 is 5.32 Å². The smallest absolute Gasteiger partial charge is 0.337 e. The number of carboxylic acid groups (broad SMARTS) is 1. The molecule has 2 N–H and O–H groups in total. The van der Waals surface area contributed by atoms with Crippen molar-refractivity contribution < 1.29 is 9.90 Å². The molecule has 0 bridgehead atoms. The van der Waals surface area contributed by atoms with Crippen LogP contribution in [-0.2, 0) is 6.54 Å². The lowest BCUT2D eigenvalue weighted by atomic mass is 9.95. The Hall–Kier alpha value is -3.18. The van der Waals surface area contributed by atoms with Crippen LogP contribution in [0.4, 0.5) is 5.69 Å². The molecule has 1 aliphatic rings. The van der Waals surface area contributed by atoms with Crippen LogP contribution in [0, 0.1) is 6.92 Å². The van der Waals surface area contributed by atoms with E-state index in [0.29, 0.717) is 12.2 Å². The Morgan fingerprint density at radius 3 is 2.86 bits per heavy atom. The van der Waals surface area contributed by atoms with Gasteiger partial charge in [0, 0.05) is 19.3 Å². The van der Waals surface area contributed by atoms with E-state index in [9.17, 15) is 9.90 Å². The van der Waals surface area contributed by atoms with Crippen molar-refractivity contribution in [3.8, 4) is 11.1 Å². The minimum absolute atomic E-state index is 0.183. The fraction of sp³-hybridized carbons (Fsp3) is 0.217. The van der Waals surface area contributed by atoms with Crippen molar-refractivity contribution in [2.75, 3.05) is 18.9 Å². The fourth-order valence-corrected chi connectivity index (χ4v) is 3.94. The highest BCUT2D eigenvalue weighted by Gasteiger charge is 2.28. The van der Waals surface area contributed by atoms with Gasteiger partial charge in [0.05, 0.1) is 23.5 Å². The van der Waals surface area contributed by atoms with Gasteiger partial charge in [-0.2, -0.15) is 0 Å². The lowest BCUT2D eigenvalue weighted by molar-refractivity contribution is 0.0697. The molecular weight excluding hydrogens is 350 g/mol. The minimum Gasteiger partial charge on any atom is -0.478 e. The quantitative estimate of drug-likeness (QED) is 0.696. The first-order chi connectivity index (χ1) is 13.5. The Morgan fingerprint density at radius 1 is 1.25 bits per heavy atom. The van der Waals surface area contributed by atoms with Gasteiger partial charge in [0.2, 0.25) is 0 Å². The summed E-state index contributed by atoms with van der Waals surface area (Å²) in [4.78, 5) is 17.7. The van der Waals surface area contributed by atoms with Gasteiger partial charge in [-0.15, -0.1) is 0 Å². The molecular formula is C23H23N3O2. The maximum absolute atomic E-state index is 11.4. The SMILES string of the molecule is Cc1ccccc1-c1ccc2c(c1)CN(C)C2CNc1cnccc1C(=O)O.